The number of halogens is 1. The van der Waals surface area contributed by atoms with Gasteiger partial charge in [0.1, 0.15) is 29.8 Å². The maximum atomic E-state index is 7.32. The minimum absolute atomic E-state index is 0.146. The summed E-state index contributed by atoms with van der Waals surface area (Å²) in [6, 6.07) is 24.0. The maximum absolute atomic E-state index is 7.32. The molecule has 0 amide bonds. The standard InChI is InChI=1S/C35H43IN4O4Si/c1-34(2,3)45(24-16-8-6-9-17-24,25-18-10-7-11-19-25)41-22-27-28-29(44-35(4,5)43-28)32(42-27)40-21-20-26-30(37-23-14-12-13-15-23)38-33(36)39-31(26)40/h6-11,16-21,23,27-29,32H,12-15,22H2,1-5H3,(H,37,38,39)/t27?,28-,29-,32-/m1/s1. The van der Waals surface area contributed by atoms with Gasteiger partial charge in [-0.05, 0) is 48.2 Å². The summed E-state index contributed by atoms with van der Waals surface area (Å²) in [7, 11) is -2.77. The Morgan fingerprint density at radius 3 is 2.18 bits per heavy atom. The number of aromatic nitrogens is 3. The van der Waals surface area contributed by atoms with Gasteiger partial charge in [0.25, 0.3) is 8.32 Å². The van der Waals surface area contributed by atoms with Crippen molar-refractivity contribution in [3.8, 4) is 0 Å². The molecule has 8 nitrogen and oxygen atoms in total. The van der Waals surface area contributed by atoms with E-state index >= 15 is 0 Å². The normalized spacial score (nSPS) is 25.2. The number of nitrogens with one attached hydrogen (secondary N) is 1. The van der Waals surface area contributed by atoms with Gasteiger partial charge in [0, 0.05) is 34.8 Å². The zero-order valence-corrected chi connectivity index (χ0v) is 29.9. The second-order valence-electron chi connectivity index (χ2n) is 14.0. The second-order valence-corrected chi connectivity index (χ2v) is 19.3. The monoisotopic (exact) mass is 738 g/mol. The topological polar surface area (TPSA) is 79.7 Å². The van der Waals surface area contributed by atoms with Gasteiger partial charge in [-0.1, -0.05) is 94.3 Å². The molecule has 1 N–H and O–H groups in total. The van der Waals surface area contributed by atoms with E-state index in [-0.39, 0.29) is 23.4 Å². The van der Waals surface area contributed by atoms with Gasteiger partial charge in [-0.15, -0.1) is 0 Å². The zero-order chi connectivity index (χ0) is 31.4. The number of hydrogen-bond donors (Lipinski definition) is 1. The fraction of sp³-hybridized carbons (Fsp3) is 0.486. The summed E-state index contributed by atoms with van der Waals surface area (Å²) >= 11 is 2.21. The van der Waals surface area contributed by atoms with E-state index in [1.165, 1.54) is 36.1 Å². The summed E-state index contributed by atoms with van der Waals surface area (Å²) in [5.74, 6) is 0.147. The zero-order valence-electron chi connectivity index (χ0n) is 26.7. The molecule has 10 heteroatoms. The van der Waals surface area contributed by atoms with Crippen LogP contribution in [0, 0.1) is 3.83 Å². The Hall–Kier alpha value is -2.35. The molecule has 4 heterocycles. The van der Waals surface area contributed by atoms with Crippen molar-refractivity contribution >= 4 is 58.1 Å². The Kier molecular flexibility index (Phi) is 8.35. The smallest absolute Gasteiger partial charge is 0.261 e. The second kappa shape index (κ2) is 12.0. The molecule has 0 bridgehead atoms. The van der Waals surface area contributed by atoms with E-state index in [1.807, 2.05) is 13.8 Å². The van der Waals surface area contributed by atoms with Crippen molar-refractivity contribution in [2.45, 2.75) is 102 Å². The quantitative estimate of drug-likeness (QED) is 0.128. The summed E-state index contributed by atoms with van der Waals surface area (Å²) < 4.78 is 30.1. The van der Waals surface area contributed by atoms with Gasteiger partial charge in [0.05, 0.1) is 12.0 Å². The highest BCUT2D eigenvalue weighted by molar-refractivity contribution is 14.1. The maximum Gasteiger partial charge on any atom is 0.261 e. The summed E-state index contributed by atoms with van der Waals surface area (Å²) in [6.45, 7) is 11.2. The molecule has 7 rings (SSSR count). The summed E-state index contributed by atoms with van der Waals surface area (Å²) in [5, 5.41) is 7.02. The van der Waals surface area contributed by atoms with E-state index < -0.39 is 20.3 Å². The van der Waals surface area contributed by atoms with Crippen LogP contribution >= 0.6 is 22.6 Å². The third kappa shape index (κ3) is 5.76. The van der Waals surface area contributed by atoms with Crippen LogP contribution in [0.3, 0.4) is 0 Å². The van der Waals surface area contributed by atoms with Gasteiger partial charge in [0.15, 0.2) is 15.8 Å². The first kappa shape index (κ1) is 31.3. The first-order chi connectivity index (χ1) is 21.6. The van der Waals surface area contributed by atoms with Crippen molar-refractivity contribution in [3.05, 3.63) is 76.8 Å². The van der Waals surface area contributed by atoms with E-state index in [1.54, 1.807) is 0 Å². The number of rotatable bonds is 8. The summed E-state index contributed by atoms with van der Waals surface area (Å²) in [5.41, 5.74) is 0.834. The van der Waals surface area contributed by atoms with Crippen LogP contribution in [-0.2, 0) is 18.6 Å². The summed E-state index contributed by atoms with van der Waals surface area (Å²) in [4.78, 5) is 9.67. The lowest BCUT2D eigenvalue weighted by Gasteiger charge is -2.43. The molecule has 3 fully saturated rings. The molecule has 238 valence electrons. The molecule has 1 aliphatic carbocycles. The Morgan fingerprint density at radius 2 is 1.56 bits per heavy atom. The van der Waals surface area contributed by atoms with Gasteiger partial charge in [-0.3, -0.25) is 0 Å². The minimum Gasteiger partial charge on any atom is -0.405 e. The number of fused-ring (bicyclic) bond motifs is 2. The Labute approximate surface area is 280 Å². The molecule has 2 aromatic carbocycles. The predicted octanol–water partition coefficient (Wildman–Crippen LogP) is 6.38. The van der Waals surface area contributed by atoms with E-state index in [0.29, 0.717) is 16.5 Å². The van der Waals surface area contributed by atoms with E-state index in [2.05, 4.69) is 126 Å². The number of benzene rings is 2. The van der Waals surface area contributed by atoms with Crippen LogP contribution in [0.2, 0.25) is 5.04 Å². The number of ether oxygens (including phenoxy) is 3. The fourth-order valence-corrected chi connectivity index (χ4v) is 12.6. The first-order valence-electron chi connectivity index (χ1n) is 16.1. The third-order valence-corrected chi connectivity index (χ3v) is 15.0. The average molecular weight is 739 g/mol. The lowest BCUT2D eigenvalue weighted by atomic mass is 10.1. The number of hydrogen-bond acceptors (Lipinski definition) is 7. The van der Waals surface area contributed by atoms with Crippen molar-refractivity contribution in [1.29, 1.82) is 0 Å². The molecule has 1 saturated carbocycles. The molecule has 0 spiro atoms. The first-order valence-corrected chi connectivity index (χ1v) is 19.1. The van der Waals surface area contributed by atoms with Crippen LogP contribution < -0.4 is 15.7 Å². The molecule has 45 heavy (non-hydrogen) atoms. The molecular formula is C35H43IN4O4Si. The molecule has 3 aliphatic rings. The lowest BCUT2D eigenvalue weighted by molar-refractivity contribution is -0.199. The predicted molar refractivity (Wildman–Crippen MR) is 187 cm³/mol. The van der Waals surface area contributed by atoms with E-state index in [4.69, 9.17) is 28.6 Å². The van der Waals surface area contributed by atoms with Gasteiger partial charge < -0.3 is 28.5 Å². The molecule has 2 aromatic heterocycles. The van der Waals surface area contributed by atoms with Gasteiger partial charge in [-0.2, -0.15) is 0 Å². The molecular weight excluding hydrogens is 695 g/mol. The average Bonchev–Trinajstić information content (AvgIpc) is 3.79. The van der Waals surface area contributed by atoms with Crippen LogP contribution in [0.1, 0.15) is 66.5 Å². The van der Waals surface area contributed by atoms with Crippen molar-refractivity contribution in [2.75, 3.05) is 11.9 Å². The van der Waals surface area contributed by atoms with E-state index in [0.717, 1.165) is 16.9 Å². The Balaban J connectivity index is 1.23. The molecule has 2 saturated heterocycles. The summed E-state index contributed by atoms with van der Waals surface area (Å²) in [6.07, 6.45) is 5.54. The number of nitrogens with zero attached hydrogens (tertiary/aromatic N) is 3. The fourth-order valence-electron chi connectivity index (χ4n) is 7.57. The van der Waals surface area contributed by atoms with E-state index in [9.17, 15) is 0 Å². The highest BCUT2D eigenvalue weighted by Crippen LogP contribution is 2.45. The van der Waals surface area contributed by atoms with Crippen LogP contribution in [0.15, 0.2) is 72.9 Å². The highest BCUT2D eigenvalue weighted by atomic mass is 127. The van der Waals surface area contributed by atoms with Gasteiger partial charge >= 0.3 is 0 Å². The molecule has 0 radical (unpaired) electrons. The van der Waals surface area contributed by atoms with Crippen LogP contribution in [0.5, 0.6) is 0 Å². The van der Waals surface area contributed by atoms with Crippen molar-refractivity contribution in [3.63, 3.8) is 0 Å². The molecule has 2 aliphatic heterocycles. The third-order valence-electron chi connectivity index (χ3n) is 9.52. The van der Waals surface area contributed by atoms with Crippen molar-refractivity contribution in [1.82, 2.24) is 14.5 Å². The van der Waals surface area contributed by atoms with Crippen LogP contribution in [0.25, 0.3) is 11.0 Å². The molecule has 1 unspecified atom stereocenters. The largest absolute Gasteiger partial charge is 0.405 e. The SMILES string of the molecule is CC1(C)O[C@@H]2[C@H](O1)C(CO[Si](c1ccccc1)(c1ccccc1)C(C)(C)C)O[C@H]2n1ccc2c(NC3CCCC3)nc(I)nc21. The Bertz CT molecular complexity index is 1600. The van der Waals surface area contributed by atoms with Crippen molar-refractivity contribution in [2.24, 2.45) is 0 Å². The number of anilines is 1. The lowest BCUT2D eigenvalue weighted by Crippen LogP contribution is -2.67. The van der Waals surface area contributed by atoms with Gasteiger partial charge in [0.2, 0.25) is 0 Å². The molecule has 4 atom stereocenters. The van der Waals surface area contributed by atoms with Crippen LogP contribution in [-0.4, -0.2) is 59.6 Å². The van der Waals surface area contributed by atoms with Crippen molar-refractivity contribution < 1.29 is 18.6 Å². The highest BCUT2D eigenvalue weighted by Gasteiger charge is 2.58. The van der Waals surface area contributed by atoms with Crippen LogP contribution in [0.4, 0.5) is 5.82 Å². The van der Waals surface area contributed by atoms with Gasteiger partial charge in [-0.25, -0.2) is 9.97 Å². The minimum atomic E-state index is -2.77. The Morgan fingerprint density at radius 1 is 0.933 bits per heavy atom. The molecule has 4 aromatic rings.